The van der Waals surface area contributed by atoms with E-state index in [1.807, 2.05) is 56.3 Å². The third-order valence-electron chi connectivity index (χ3n) is 6.22. The first-order valence-electron chi connectivity index (χ1n) is 11.9. The number of aryl methyl sites for hydroxylation is 1. The third kappa shape index (κ3) is 4.66. The molecule has 0 radical (unpaired) electrons. The summed E-state index contributed by atoms with van der Waals surface area (Å²) in [5.74, 6) is 1.73. The Balaban J connectivity index is 1.46. The molecule has 35 heavy (non-hydrogen) atoms. The van der Waals surface area contributed by atoms with Gasteiger partial charge in [-0.25, -0.2) is 4.79 Å². The number of aromatic nitrogens is 3. The van der Waals surface area contributed by atoms with Crippen LogP contribution < -0.4 is 21.1 Å². The predicted octanol–water partition coefficient (Wildman–Crippen LogP) is 5.42. The zero-order valence-corrected chi connectivity index (χ0v) is 20.2. The van der Waals surface area contributed by atoms with Gasteiger partial charge in [0, 0.05) is 34.8 Å². The number of hydrogen-bond donors (Lipinski definition) is 3. The SMILES string of the molecule is Cc1noc(COc2ccc3c(N)c(-c4ccc(NC(=O)NC(C)C)cc4)n(C4CCC4)c3c2)n1. The monoisotopic (exact) mass is 474 g/mol. The highest BCUT2D eigenvalue weighted by atomic mass is 16.5. The smallest absolute Gasteiger partial charge is 0.319 e. The number of nitrogens with one attached hydrogen (secondary N) is 2. The van der Waals surface area contributed by atoms with Gasteiger partial charge in [-0.3, -0.25) is 0 Å². The van der Waals surface area contributed by atoms with E-state index in [4.69, 9.17) is 15.0 Å². The van der Waals surface area contributed by atoms with Crippen molar-refractivity contribution in [1.82, 2.24) is 20.0 Å². The van der Waals surface area contributed by atoms with E-state index in [9.17, 15) is 4.79 Å². The molecule has 4 aromatic rings. The molecule has 0 aliphatic heterocycles. The van der Waals surface area contributed by atoms with Crippen molar-refractivity contribution in [3.63, 3.8) is 0 Å². The quantitative estimate of drug-likeness (QED) is 0.329. The predicted molar refractivity (Wildman–Crippen MR) is 135 cm³/mol. The summed E-state index contributed by atoms with van der Waals surface area (Å²) in [4.78, 5) is 16.2. The zero-order valence-electron chi connectivity index (χ0n) is 20.2. The number of hydrogen-bond acceptors (Lipinski definition) is 6. The minimum absolute atomic E-state index is 0.0669. The van der Waals surface area contributed by atoms with Crippen molar-refractivity contribution < 1.29 is 14.1 Å². The lowest BCUT2D eigenvalue weighted by atomic mass is 9.92. The molecule has 0 saturated heterocycles. The normalized spacial score (nSPS) is 13.7. The van der Waals surface area contributed by atoms with Crippen LogP contribution in [0.3, 0.4) is 0 Å². The molecule has 2 aromatic carbocycles. The summed E-state index contributed by atoms with van der Waals surface area (Å²) in [7, 11) is 0. The fourth-order valence-corrected chi connectivity index (χ4v) is 4.41. The first-order valence-corrected chi connectivity index (χ1v) is 11.9. The minimum atomic E-state index is -0.223. The number of nitrogens with two attached hydrogens (primary N) is 1. The summed E-state index contributed by atoms with van der Waals surface area (Å²) in [6.45, 7) is 5.83. The molecule has 1 aliphatic carbocycles. The number of carbonyl (C=O) groups excluding carboxylic acids is 1. The van der Waals surface area contributed by atoms with Gasteiger partial charge in [0.05, 0.1) is 16.9 Å². The molecule has 2 heterocycles. The van der Waals surface area contributed by atoms with E-state index in [1.165, 1.54) is 6.42 Å². The number of nitrogens with zero attached hydrogens (tertiary/aromatic N) is 3. The number of benzene rings is 2. The highest BCUT2D eigenvalue weighted by Gasteiger charge is 2.27. The van der Waals surface area contributed by atoms with Gasteiger partial charge in [-0.05, 0) is 64.3 Å². The molecule has 0 spiro atoms. The largest absolute Gasteiger partial charge is 0.484 e. The van der Waals surface area contributed by atoms with Crippen molar-refractivity contribution in [2.45, 2.75) is 58.7 Å². The number of amides is 2. The van der Waals surface area contributed by atoms with Gasteiger partial charge in [-0.2, -0.15) is 4.98 Å². The summed E-state index contributed by atoms with van der Waals surface area (Å²) in [6.07, 6.45) is 3.42. The molecule has 182 valence electrons. The van der Waals surface area contributed by atoms with Gasteiger partial charge >= 0.3 is 6.03 Å². The van der Waals surface area contributed by atoms with Crippen molar-refractivity contribution in [2.75, 3.05) is 11.1 Å². The fraction of sp³-hybridized carbons (Fsp3) is 0.346. The summed E-state index contributed by atoms with van der Waals surface area (Å²) >= 11 is 0. The van der Waals surface area contributed by atoms with Crippen LogP contribution in [-0.2, 0) is 6.61 Å². The van der Waals surface area contributed by atoms with Crippen molar-refractivity contribution in [1.29, 1.82) is 0 Å². The number of ether oxygens (including phenoxy) is 1. The summed E-state index contributed by atoms with van der Waals surface area (Å²) < 4.78 is 13.4. The molecule has 9 heteroatoms. The molecule has 0 bridgehead atoms. The van der Waals surface area contributed by atoms with Gasteiger partial charge in [-0.15, -0.1) is 0 Å². The van der Waals surface area contributed by atoms with E-state index in [0.29, 0.717) is 23.5 Å². The lowest BCUT2D eigenvalue weighted by molar-refractivity contribution is 0.242. The molecular formula is C26H30N6O3. The average molecular weight is 475 g/mol. The van der Waals surface area contributed by atoms with E-state index >= 15 is 0 Å². The molecular weight excluding hydrogens is 444 g/mol. The van der Waals surface area contributed by atoms with E-state index in [2.05, 4.69) is 25.3 Å². The van der Waals surface area contributed by atoms with E-state index in [0.717, 1.165) is 46.4 Å². The van der Waals surface area contributed by atoms with E-state index < -0.39 is 0 Å². The molecule has 1 saturated carbocycles. The molecule has 5 rings (SSSR count). The average Bonchev–Trinajstić information content (AvgIpc) is 3.32. The lowest BCUT2D eigenvalue weighted by Gasteiger charge is -2.30. The van der Waals surface area contributed by atoms with Gasteiger partial charge in [-0.1, -0.05) is 17.3 Å². The topological polar surface area (TPSA) is 120 Å². The Morgan fingerprint density at radius 3 is 2.63 bits per heavy atom. The fourth-order valence-electron chi connectivity index (χ4n) is 4.41. The van der Waals surface area contributed by atoms with Gasteiger partial charge in [0.2, 0.25) is 0 Å². The summed E-state index contributed by atoms with van der Waals surface area (Å²) in [5.41, 5.74) is 11.2. The molecule has 0 atom stereocenters. The molecule has 1 fully saturated rings. The number of fused-ring (bicyclic) bond motifs is 1. The van der Waals surface area contributed by atoms with Crippen LogP contribution in [0.2, 0.25) is 0 Å². The maximum absolute atomic E-state index is 12.0. The minimum Gasteiger partial charge on any atom is -0.484 e. The number of rotatable bonds is 7. The lowest BCUT2D eigenvalue weighted by Crippen LogP contribution is -2.34. The second kappa shape index (κ2) is 9.32. The number of anilines is 2. The highest BCUT2D eigenvalue weighted by Crippen LogP contribution is 2.45. The Hall–Kier alpha value is -4.01. The van der Waals surface area contributed by atoms with Crippen LogP contribution in [0.15, 0.2) is 47.0 Å². The van der Waals surface area contributed by atoms with Crippen LogP contribution in [0, 0.1) is 6.92 Å². The Morgan fingerprint density at radius 2 is 2.00 bits per heavy atom. The van der Waals surface area contributed by atoms with Crippen LogP contribution in [0.1, 0.15) is 50.9 Å². The maximum Gasteiger partial charge on any atom is 0.319 e. The molecule has 4 N–H and O–H groups in total. The first-order chi connectivity index (χ1) is 16.9. The Kier molecular flexibility index (Phi) is 6.07. The van der Waals surface area contributed by atoms with Crippen molar-refractivity contribution >= 4 is 28.3 Å². The van der Waals surface area contributed by atoms with Gasteiger partial charge < -0.3 is 30.2 Å². The van der Waals surface area contributed by atoms with Crippen LogP contribution in [0.5, 0.6) is 5.75 Å². The Morgan fingerprint density at radius 1 is 1.23 bits per heavy atom. The van der Waals surface area contributed by atoms with Gasteiger partial charge in [0.15, 0.2) is 12.4 Å². The maximum atomic E-state index is 12.0. The number of carbonyl (C=O) groups is 1. The van der Waals surface area contributed by atoms with Crippen LogP contribution >= 0.6 is 0 Å². The Labute approximate surface area is 203 Å². The zero-order chi connectivity index (χ0) is 24.5. The number of urea groups is 1. The van der Waals surface area contributed by atoms with Crippen molar-refractivity contribution in [3.8, 4) is 17.0 Å². The second-order valence-electron chi connectivity index (χ2n) is 9.25. The highest BCUT2D eigenvalue weighted by molar-refractivity contribution is 6.02. The van der Waals surface area contributed by atoms with Crippen LogP contribution in [0.4, 0.5) is 16.2 Å². The van der Waals surface area contributed by atoms with E-state index in [-0.39, 0.29) is 18.7 Å². The standard InChI is InChI=1S/C26H30N6O3/c1-15(2)28-26(33)30-18-9-7-17(8-10-18)25-24(27)21-12-11-20(34-14-23-29-16(3)31-35-23)13-22(21)32(25)19-5-4-6-19/h7-13,15,19H,4-6,14,27H2,1-3H3,(H2,28,30,33). The van der Waals surface area contributed by atoms with Gasteiger partial charge in [0.25, 0.3) is 5.89 Å². The first kappa shape index (κ1) is 22.8. The number of nitrogen functional groups attached to an aromatic ring is 1. The van der Waals surface area contributed by atoms with Crippen molar-refractivity contribution in [3.05, 3.63) is 54.2 Å². The summed E-state index contributed by atoms with van der Waals surface area (Å²) in [5, 5.41) is 10.5. The van der Waals surface area contributed by atoms with Gasteiger partial charge in [0.1, 0.15) is 5.75 Å². The van der Waals surface area contributed by atoms with Crippen LogP contribution in [-0.4, -0.2) is 26.8 Å². The second-order valence-corrected chi connectivity index (χ2v) is 9.25. The molecule has 9 nitrogen and oxygen atoms in total. The molecule has 1 aliphatic rings. The van der Waals surface area contributed by atoms with Crippen molar-refractivity contribution in [2.24, 2.45) is 0 Å². The van der Waals surface area contributed by atoms with Crippen LogP contribution in [0.25, 0.3) is 22.2 Å². The summed E-state index contributed by atoms with van der Waals surface area (Å²) in [6, 6.07) is 14.0. The molecule has 2 amide bonds. The Bertz CT molecular complexity index is 1350. The molecule has 0 unspecified atom stereocenters. The van der Waals surface area contributed by atoms with E-state index in [1.54, 1.807) is 6.92 Å². The molecule has 2 aromatic heterocycles. The third-order valence-corrected chi connectivity index (χ3v) is 6.22.